The summed E-state index contributed by atoms with van der Waals surface area (Å²) in [4.78, 5) is 12.3. The number of anilines is 1. The Morgan fingerprint density at radius 1 is 1.19 bits per heavy atom. The lowest BCUT2D eigenvalue weighted by atomic mass is 9.86. The average molecular weight is 390 g/mol. The summed E-state index contributed by atoms with van der Waals surface area (Å²) >= 11 is 11.9. The van der Waals surface area contributed by atoms with Gasteiger partial charge in [0.1, 0.15) is 0 Å². The number of amides is 1. The summed E-state index contributed by atoms with van der Waals surface area (Å²) in [5, 5.41) is 3.69. The number of ether oxygens (including phenoxy) is 1. The van der Waals surface area contributed by atoms with Crippen LogP contribution in [0.1, 0.15) is 29.8 Å². The van der Waals surface area contributed by atoms with Gasteiger partial charge in [-0.1, -0.05) is 42.3 Å². The Hall–Kier alpha value is -1.55. The van der Waals surface area contributed by atoms with Crippen molar-refractivity contribution in [2.75, 3.05) is 11.9 Å². The molecule has 0 saturated carbocycles. The van der Waals surface area contributed by atoms with Crippen molar-refractivity contribution < 1.29 is 9.53 Å². The predicted molar refractivity (Wildman–Crippen MR) is 106 cm³/mol. The molecule has 136 valence electrons. The van der Waals surface area contributed by atoms with E-state index in [1.165, 1.54) is 5.56 Å². The maximum Gasteiger partial charge on any atom is 0.257 e. The van der Waals surface area contributed by atoms with E-state index in [1.807, 2.05) is 24.3 Å². The Balaban J connectivity index is 1.60. The van der Waals surface area contributed by atoms with Crippen molar-refractivity contribution in [2.24, 2.45) is 11.8 Å². The van der Waals surface area contributed by atoms with Gasteiger partial charge in [0.05, 0.1) is 23.3 Å². The molecule has 0 aromatic heterocycles. The second-order valence-electron chi connectivity index (χ2n) is 6.67. The molecule has 2 aromatic rings. The molecule has 0 bridgehead atoms. The molecule has 0 spiro atoms. The first-order valence-electron chi connectivity index (χ1n) is 8.65. The Morgan fingerprint density at radius 2 is 1.92 bits per heavy atom. The SMILES string of the molecule is CC1[C]C(Cc2ccc(NC(=O)c3ccc(Cl)cc3Cl)cc2)COC1C. The highest BCUT2D eigenvalue weighted by Crippen LogP contribution is 2.27. The quantitative estimate of drug-likeness (QED) is 0.744. The average Bonchev–Trinajstić information content (AvgIpc) is 2.60. The lowest BCUT2D eigenvalue weighted by Gasteiger charge is -2.31. The van der Waals surface area contributed by atoms with Crippen LogP contribution in [-0.4, -0.2) is 18.6 Å². The summed E-state index contributed by atoms with van der Waals surface area (Å²) in [5.74, 6) is 0.385. The monoisotopic (exact) mass is 389 g/mol. The van der Waals surface area contributed by atoms with E-state index in [0.29, 0.717) is 34.1 Å². The molecule has 2 radical (unpaired) electrons. The zero-order valence-electron chi connectivity index (χ0n) is 14.8. The minimum Gasteiger partial charge on any atom is -0.378 e. The second kappa shape index (κ2) is 8.43. The van der Waals surface area contributed by atoms with Crippen LogP contribution in [0.4, 0.5) is 5.69 Å². The lowest BCUT2D eigenvalue weighted by Crippen LogP contribution is -2.32. The third-order valence-corrected chi connectivity index (χ3v) is 5.18. The molecule has 3 rings (SSSR count). The van der Waals surface area contributed by atoms with E-state index in [1.54, 1.807) is 18.2 Å². The number of halogens is 2. The van der Waals surface area contributed by atoms with Crippen LogP contribution in [0.15, 0.2) is 42.5 Å². The van der Waals surface area contributed by atoms with Gasteiger partial charge in [-0.2, -0.15) is 0 Å². The first-order chi connectivity index (χ1) is 12.4. The molecule has 26 heavy (non-hydrogen) atoms. The van der Waals surface area contributed by atoms with Crippen molar-refractivity contribution in [3.63, 3.8) is 0 Å². The molecule has 1 fully saturated rings. The van der Waals surface area contributed by atoms with E-state index < -0.39 is 0 Å². The third kappa shape index (κ3) is 4.79. The fourth-order valence-electron chi connectivity index (χ4n) is 2.97. The highest BCUT2D eigenvalue weighted by atomic mass is 35.5. The van der Waals surface area contributed by atoms with Crippen molar-refractivity contribution in [2.45, 2.75) is 26.4 Å². The summed E-state index contributed by atoms with van der Waals surface area (Å²) in [6.45, 7) is 4.93. The molecule has 3 unspecified atom stereocenters. The van der Waals surface area contributed by atoms with Crippen molar-refractivity contribution in [3.05, 3.63) is 70.1 Å². The molecule has 2 aromatic carbocycles. The molecule has 3 atom stereocenters. The zero-order chi connectivity index (χ0) is 18.7. The number of carbonyl (C=O) groups is 1. The zero-order valence-corrected chi connectivity index (χ0v) is 16.3. The topological polar surface area (TPSA) is 38.3 Å². The predicted octanol–water partition coefficient (Wildman–Crippen LogP) is 5.54. The Morgan fingerprint density at radius 3 is 2.58 bits per heavy atom. The van der Waals surface area contributed by atoms with Crippen molar-refractivity contribution in [3.8, 4) is 0 Å². The minimum atomic E-state index is -0.260. The molecule has 1 saturated heterocycles. The van der Waals surface area contributed by atoms with Crippen LogP contribution in [0, 0.1) is 18.3 Å². The molecule has 5 heteroatoms. The Bertz CT molecular complexity index is 776. The summed E-state index contributed by atoms with van der Waals surface area (Å²) in [6.07, 6.45) is 4.70. The molecule has 3 nitrogen and oxygen atoms in total. The minimum absolute atomic E-state index is 0.239. The molecule has 1 heterocycles. The number of hydrogen-bond acceptors (Lipinski definition) is 2. The maximum atomic E-state index is 12.3. The van der Waals surface area contributed by atoms with Gasteiger partial charge in [0.25, 0.3) is 5.91 Å². The van der Waals surface area contributed by atoms with E-state index in [0.717, 1.165) is 12.1 Å². The molecule has 1 aliphatic rings. The van der Waals surface area contributed by atoms with Crippen molar-refractivity contribution >= 4 is 34.8 Å². The highest BCUT2D eigenvalue weighted by molar-refractivity contribution is 6.37. The highest BCUT2D eigenvalue weighted by Gasteiger charge is 2.26. The summed E-state index contributed by atoms with van der Waals surface area (Å²) in [6, 6.07) is 12.6. The third-order valence-electron chi connectivity index (χ3n) is 4.63. The Kier molecular flexibility index (Phi) is 6.23. The smallest absolute Gasteiger partial charge is 0.257 e. The first-order valence-corrected chi connectivity index (χ1v) is 9.41. The van der Waals surface area contributed by atoms with Gasteiger partial charge in [0, 0.05) is 10.7 Å². The fraction of sp³-hybridized carbons (Fsp3) is 0.333. The number of nitrogens with one attached hydrogen (secondary N) is 1. The van der Waals surface area contributed by atoms with Crippen LogP contribution in [0.5, 0.6) is 0 Å². The fourth-order valence-corrected chi connectivity index (χ4v) is 3.46. The van der Waals surface area contributed by atoms with Crippen LogP contribution < -0.4 is 5.32 Å². The first kappa shape index (κ1) is 19.2. The van der Waals surface area contributed by atoms with Crippen LogP contribution in [0.25, 0.3) is 0 Å². The van der Waals surface area contributed by atoms with Crippen molar-refractivity contribution in [1.29, 1.82) is 0 Å². The lowest BCUT2D eigenvalue weighted by molar-refractivity contribution is -0.0112. The standard InChI is InChI=1S/C21H21Cl2NO2/c1-13-9-16(12-26-14(13)2)10-15-3-6-18(7-4-15)24-21(25)19-8-5-17(22)11-20(19)23/h3-8,11,13-14,16H,10,12H2,1-2H3,(H,24,25). The molecule has 1 aliphatic heterocycles. The van der Waals surface area contributed by atoms with E-state index in [9.17, 15) is 4.79 Å². The van der Waals surface area contributed by atoms with Gasteiger partial charge >= 0.3 is 0 Å². The van der Waals surface area contributed by atoms with Gasteiger partial charge in [-0.15, -0.1) is 0 Å². The maximum absolute atomic E-state index is 12.3. The van der Waals surface area contributed by atoms with Crippen LogP contribution in [0.2, 0.25) is 10.0 Å². The van der Waals surface area contributed by atoms with Gasteiger partial charge in [-0.3, -0.25) is 4.79 Å². The molecule has 0 aliphatic carbocycles. The van der Waals surface area contributed by atoms with Gasteiger partial charge in [-0.05, 0) is 67.5 Å². The largest absolute Gasteiger partial charge is 0.378 e. The number of carbonyl (C=O) groups excluding carboxylic acids is 1. The molecule has 1 amide bonds. The van der Waals surface area contributed by atoms with Crippen LogP contribution >= 0.6 is 23.2 Å². The van der Waals surface area contributed by atoms with E-state index in [4.69, 9.17) is 27.9 Å². The summed E-state index contributed by atoms with van der Waals surface area (Å²) in [7, 11) is 0. The normalized spacial score (nSPS) is 22.8. The van der Waals surface area contributed by atoms with E-state index in [2.05, 4.69) is 25.6 Å². The van der Waals surface area contributed by atoms with Gasteiger partial charge in [0.2, 0.25) is 0 Å². The summed E-state index contributed by atoms with van der Waals surface area (Å²) in [5.41, 5.74) is 2.31. The van der Waals surface area contributed by atoms with Crippen molar-refractivity contribution in [1.82, 2.24) is 0 Å². The number of benzene rings is 2. The number of hydrogen-bond donors (Lipinski definition) is 1. The van der Waals surface area contributed by atoms with Gasteiger partial charge < -0.3 is 10.1 Å². The molecular weight excluding hydrogens is 369 g/mol. The number of rotatable bonds is 4. The molecular formula is C21H21Cl2NO2. The summed E-state index contributed by atoms with van der Waals surface area (Å²) < 4.78 is 5.78. The van der Waals surface area contributed by atoms with E-state index in [-0.39, 0.29) is 12.0 Å². The Labute approximate surface area is 164 Å². The van der Waals surface area contributed by atoms with Gasteiger partial charge in [0.15, 0.2) is 0 Å². The van der Waals surface area contributed by atoms with E-state index >= 15 is 0 Å². The van der Waals surface area contributed by atoms with Crippen LogP contribution in [-0.2, 0) is 11.2 Å². The second-order valence-corrected chi connectivity index (χ2v) is 7.51. The van der Waals surface area contributed by atoms with Gasteiger partial charge in [-0.25, -0.2) is 0 Å². The van der Waals surface area contributed by atoms with Crippen LogP contribution in [0.3, 0.4) is 0 Å². The molecule has 1 N–H and O–H groups in total.